The molecule has 0 bridgehead atoms. The lowest BCUT2D eigenvalue weighted by Gasteiger charge is -2.02. The van der Waals surface area contributed by atoms with Gasteiger partial charge in [-0.15, -0.1) is 0 Å². The molecule has 0 N–H and O–H groups in total. The number of hydrogen-bond acceptors (Lipinski definition) is 3. The zero-order valence-electron chi connectivity index (χ0n) is 7.85. The molecule has 2 rings (SSSR count). The Morgan fingerprint density at radius 1 is 1.00 bits per heavy atom. The maximum absolute atomic E-state index is 12.0. The molecule has 0 saturated heterocycles. The summed E-state index contributed by atoms with van der Waals surface area (Å²) in [6.07, 6.45) is 2.46. The van der Waals surface area contributed by atoms with Crippen molar-refractivity contribution >= 4 is 33.0 Å². The van der Waals surface area contributed by atoms with Crippen molar-refractivity contribution < 1.29 is 12.8 Å². The summed E-state index contributed by atoms with van der Waals surface area (Å²) in [7, 11) is -3.57. The molecule has 6 heteroatoms. The zero-order valence-corrected chi connectivity index (χ0v) is 10.2. The van der Waals surface area contributed by atoms with Crippen molar-refractivity contribution in [3.8, 4) is 0 Å². The zero-order chi connectivity index (χ0) is 11.8. The summed E-state index contributed by atoms with van der Waals surface area (Å²) < 4.78 is 28.7. The molecule has 1 aromatic heterocycles. The third kappa shape index (κ3) is 1.96. The summed E-state index contributed by atoms with van der Waals surface area (Å²) in [5, 5.41) is 0.513. The first-order chi connectivity index (χ1) is 7.51. The van der Waals surface area contributed by atoms with Crippen molar-refractivity contribution in [1.29, 1.82) is 0 Å². The highest BCUT2D eigenvalue weighted by Gasteiger charge is 2.19. The summed E-state index contributed by atoms with van der Waals surface area (Å²) in [4.78, 5) is 0.175. The summed E-state index contributed by atoms with van der Waals surface area (Å²) in [6.45, 7) is 0. The molecular weight excluding hydrogens is 271 g/mol. The van der Waals surface area contributed by atoms with Crippen LogP contribution in [0.4, 0.5) is 0 Å². The minimum absolute atomic E-state index is 0.0864. The fraction of sp³-hybridized carbons (Fsp3) is 0. The SMILES string of the molecule is O=S(=O)(c1ccoc1)c1ccc(Cl)c(Cl)c1. The van der Waals surface area contributed by atoms with Crippen LogP contribution in [0.3, 0.4) is 0 Å². The van der Waals surface area contributed by atoms with Crippen LogP contribution in [0.5, 0.6) is 0 Å². The van der Waals surface area contributed by atoms with E-state index in [0.29, 0.717) is 5.02 Å². The number of furan rings is 1. The average molecular weight is 277 g/mol. The van der Waals surface area contributed by atoms with Crippen molar-refractivity contribution in [1.82, 2.24) is 0 Å². The quantitative estimate of drug-likeness (QED) is 0.845. The van der Waals surface area contributed by atoms with E-state index in [1.165, 1.54) is 30.5 Å². The van der Waals surface area contributed by atoms with Gasteiger partial charge in [0.15, 0.2) is 0 Å². The van der Waals surface area contributed by atoms with E-state index in [0.717, 1.165) is 6.26 Å². The molecule has 0 spiro atoms. The van der Waals surface area contributed by atoms with Crippen molar-refractivity contribution in [2.75, 3.05) is 0 Å². The molecule has 0 aliphatic heterocycles. The summed E-state index contributed by atoms with van der Waals surface area (Å²) in [5.74, 6) is 0. The molecule has 1 aromatic carbocycles. The van der Waals surface area contributed by atoms with E-state index in [1.807, 2.05) is 0 Å². The molecule has 0 fully saturated rings. The van der Waals surface area contributed by atoms with E-state index in [9.17, 15) is 8.42 Å². The van der Waals surface area contributed by atoms with Crippen LogP contribution >= 0.6 is 23.2 Å². The fourth-order valence-corrected chi connectivity index (χ4v) is 2.76. The van der Waals surface area contributed by atoms with Crippen molar-refractivity contribution in [3.05, 3.63) is 46.8 Å². The van der Waals surface area contributed by atoms with Crippen LogP contribution in [-0.2, 0) is 9.84 Å². The predicted octanol–water partition coefficient (Wildman–Crippen LogP) is 3.42. The van der Waals surface area contributed by atoms with Gasteiger partial charge in [0.05, 0.1) is 21.2 Å². The molecule has 0 aliphatic rings. The number of hydrogen-bond donors (Lipinski definition) is 0. The highest BCUT2D eigenvalue weighted by atomic mass is 35.5. The Kier molecular flexibility index (Phi) is 2.97. The molecule has 3 nitrogen and oxygen atoms in total. The molecule has 0 aliphatic carbocycles. The highest BCUT2D eigenvalue weighted by Crippen LogP contribution is 2.28. The first-order valence-electron chi connectivity index (χ1n) is 4.24. The van der Waals surface area contributed by atoms with Gasteiger partial charge in [-0.3, -0.25) is 0 Å². The predicted molar refractivity (Wildman–Crippen MR) is 60.6 cm³/mol. The van der Waals surface area contributed by atoms with Gasteiger partial charge in [-0.05, 0) is 24.3 Å². The second-order valence-corrected chi connectivity index (χ2v) is 5.80. The van der Waals surface area contributed by atoms with E-state index in [-0.39, 0.29) is 14.8 Å². The second kappa shape index (κ2) is 4.13. The van der Waals surface area contributed by atoms with E-state index in [1.54, 1.807) is 0 Å². The smallest absolute Gasteiger partial charge is 0.209 e. The maximum Gasteiger partial charge on any atom is 0.209 e. The molecule has 0 saturated carbocycles. The Morgan fingerprint density at radius 2 is 1.75 bits per heavy atom. The molecular formula is C10H6Cl2O3S. The first-order valence-corrected chi connectivity index (χ1v) is 6.48. The number of rotatable bonds is 2. The summed E-state index contributed by atoms with van der Waals surface area (Å²) in [6, 6.07) is 5.53. The van der Waals surface area contributed by atoms with Gasteiger partial charge in [-0.1, -0.05) is 23.2 Å². The Labute approximate surface area is 103 Å². The van der Waals surface area contributed by atoms with E-state index in [2.05, 4.69) is 0 Å². The minimum Gasteiger partial charge on any atom is -0.471 e. The molecule has 84 valence electrons. The van der Waals surface area contributed by atoms with Crippen molar-refractivity contribution in [2.24, 2.45) is 0 Å². The van der Waals surface area contributed by atoms with Gasteiger partial charge in [-0.2, -0.15) is 0 Å². The standard InChI is InChI=1S/C10H6Cl2O3S/c11-9-2-1-7(5-10(9)12)16(13,14)8-3-4-15-6-8/h1-6H. The molecule has 0 atom stereocenters. The Bertz CT molecular complexity index is 603. The highest BCUT2D eigenvalue weighted by molar-refractivity contribution is 7.91. The lowest BCUT2D eigenvalue weighted by Crippen LogP contribution is -2.00. The van der Waals surface area contributed by atoms with Gasteiger partial charge in [0.2, 0.25) is 9.84 Å². The van der Waals surface area contributed by atoms with Gasteiger partial charge in [-0.25, -0.2) is 8.42 Å². The van der Waals surface area contributed by atoms with E-state index < -0.39 is 9.84 Å². The Morgan fingerprint density at radius 3 is 2.31 bits per heavy atom. The van der Waals surface area contributed by atoms with Gasteiger partial charge >= 0.3 is 0 Å². The second-order valence-electron chi connectivity index (χ2n) is 3.04. The van der Waals surface area contributed by atoms with Crippen LogP contribution in [0.2, 0.25) is 10.0 Å². The largest absolute Gasteiger partial charge is 0.471 e. The topological polar surface area (TPSA) is 47.3 Å². The van der Waals surface area contributed by atoms with Crippen LogP contribution in [-0.4, -0.2) is 8.42 Å². The fourth-order valence-electron chi connectivity index (χ4n) is 1.18. The molecule has 1 heterocycles. The number of benzene rings is 1. The number of halogens is 2. The first kappa shape index (κ1) is 11.5. The normalized spacial score (nSPS) is 11.6. The van der Waals surface area contributed by atoms with Crippen LogP contribution in [0.1, 0.15) is 0 Å². The van der Waals surface area contributed by atoms with Crippen molar-refractivity contribution in [2.45, 2.75) is 9.79 Å². The Hall–Kier alpha value is -0.970. The van der Waals surface area contributed by atoms with Gasteiger partial charge in [0, 0.05) is 0 Å². The lowest BCUT2D eigenvalue weighted by molar-refractivity contribution is 0.556. The molecule has 0 unspecified atom stereocenters. The molecule has 0 amide bonds. The monoisotopic (exact) mass is 276 g/mol. The third-order valence-electron chi connectivity index (χ3n) is 2.01. The lowest BCUT2D eigenvalue weighted by atomic mass is 10.4. The van der Waals surface area contributed by atoms with Crippen LogP contribution in [0, 0.1) is 0 Å². The van der Waals surface area contributed by atoms with Gasteiger partial charge in [0.1, 0.15) is 11.2 Å². The molecule has 16 heavy (non-hydrogen) atoms. The van der Waals surface area contributed by atoms with Crippen LogP contribution in [0.25, 0.3) is 0 Å². The number of sulfone groups is 1. The van der Waals surface area contributed by atoms with Gasteiger partial charge < -0.3 is 4.42 Å². The van der Waals surface area contributed by atoms with Crippen LogP contribution in [0.15, 0.2) is 51.0 Å². The minimum atomic E-state index is -3.57. The summed E-state index contributed by atoms with van der Waals surface area (Å²) >= 11 is 11.5. The molecule has 2 aromatic rings. The maximum atomic E-state index is 12.0. The van der Waals surface area contributed by atoms with E-state index in [4.69, 9.17) is 27.6 Å². The van der Waals surface area contributed by atoms with E-state index >= 15 is 0 Å². The molecule has 0 radical (unpaired) electrons. The van der Waals surface area contributed by atoms with Crippen LogP contribution < -0.4 is 0 Å². The third-order valence-corrected chi connectivity index (χ3v) is 4.47. The average Bonchev–Trinajstić information content (AvgIpc) is 2.75. The Balaban J connectivity index is 2.57. The van der Waals surface area contributed by atoms with Crippen molar-refractivity contribution in [3.63, 3.8) is 0 Å². The van der Waals surface area contributed by atoms with Gasteiger partial charge in [0.25, 0.3) is 0 Å². The summed E-state index contributed by atoms with van der Waals surface area (Å²) in [5.41, 5.74) is 0.